The third kappa shape index (κ3) is 3.20. The van der Waals surface area contributed by atoms with E-state index in [0.29, 0.717) is 0 Å². The van der Waals surface area contributed by atoms with Crippen molar-refractivity contribution in [2.24, 2.45) is 0 Å². The van der Waals surface area contributed by atoms with Crippen LogP contribution in [0.4, 0.5) is 13.2 Å². The van der Waals surface area contributed by atoms with Crippen LogP contribution < -0.4 is 4.74 Å². The summed E-state index contributed by atoms with van der Waals surface area (Å²) < 4.78 is 39.8. The van der Waals surface area contributed by atoms with E-state index in [1.165, 1.54) is 0 Å². The zero-order valence-electron chi connectivity index (χ0n) is 6.77. The van der Waals surface area contributed by atoms with Crippen LogP contribution in [0.1, 0.15) is 5.56 Å². The van der Waals surface area contributed by atoms with Gasteiger partial charge < -0.3 is 4.74 Å². The van der Waals surface area contributed by atoms with E-state index in [0.717, 1.165) is 6.20 Å². The van der Waals surface area contributed by atoms with Gasteiger partial charge in [-0.05, 0) is 38.5 Å². The summed E-state index contributed by atoms with van der Waals surface area (Å²) >= 11 is 4.49. The topological polar surface area (TPSA) is 45.9 Å². The highest BCUT2D eigenvalue weighted by Gasteiger charge is 2.33. The predicted octanol–water partition coefficient (Wildman–Crippen LogP) is 3.22. The minimum Gasteiger partial charge on any atom is -0.403 e. The average molecular weight is 393 g/mol. The second kappa shape index (κ2) is 4.52. The summed E-state index contributed by atoms with van der Waals surface area (Å²) in [7, 11) is 0. The quantitative estimate of drug-likeness (QED) is 0.544. The van der Waals surface area contributed by atoms with Crippen molar-refractivity contribution in [3.8, 4) is 11.8 Å². The van der Waals surface area contributed by atoms with Crippen molar-refractivity contribution in [3.63, 3.8) is 0 Å². The lowest BCUT2D eigenvalue weighted by Crippen LogP contribution is -2.18. The number of alkyl halides is 3. The van der Waals surface area contributed by atoms with Gasteiger partial charge in [0.05, 0.1) is 4.47 Å². The van der Waals surface area contributed by atoms with Crippen LogP contribution >= 0.6 is 38.5 Å². The van der Waals surface area contributed by atoms with Gasteiger partial charge in [0.2, 0.25) is 0 Å². The predicted molar refractivity (Wildman–Crippen MR) is 56.1 cm³/mol. The molecule has 0 saturated carbocycles. The first-order chi connectivity index (χ1) is 6.85. The fourth-order valence-electron chi connectivity index (χ4n) is 0.762. The van der Waals surface area contributed by atoms with Crippen molar-refractivity contribution in [3.05, 3.63) is 19.9 Å². The van der Waals surface area contributed by atoms with E-state index in [2.05, 4.69) is 25.7 Å². The summed E-state index contributed by atoms with van der Waals surface area (Å²) in [5.74, 6) is -0.565. The maximum absolute atomic E-state index is 12.0. The molecule has 8 heteroatoms. The van der Waals surface area contributed by atoms with E-state index in [1.54, 1.807) is 28.7 Å². The molecule has 15 heavy (non-hydrogen) atoms. The van der Waals surface area contributed by atoms with Crippen LogP contribution in [0.15, 0.2) is 10.7 Å². The van der Waals surface area contributed by atoms with Crippen LogP contribution in [0.3, 0.4) is 0 Å². The zero-order chi connectivity index (χ0) is 11.6. The Hall–Kier alpha value is -0.560. The summed E-state index contributed by atoms with van der Waals surface area (Å²) in [6.07, 6.45) is -3.69. The molecule has 0 amide bonds. The fraction of sp³-hybridized carbons (Fsp3) is 0.143. The van der Waals surface area contributed by atoms with Crippen molar-refractivity contribution < 1.29 is 17.9 Å². The molecule has 0 unspecified atom stereocenters. The second-order valence-corrected chi connectivity index (χ2v) is 4.14. The molecule has 0 fully saturated rings. The Balaban J connectivity index is 3.28. The highest BCUT2D eigenvalue weighted by molar-refractivity contribution is 14.1. The van der Waals surface area contributed by atoms with Crippen LogP contribution in [0.25, 0.3) is 0 Å². The smallest absolute Gasteiger partial charge is 0.403 e. The molecule has 0 aliphatic heterocycles. The molecule has 1 heterocycles. The minimum absolute atomic E-state index is 0.0169. The molecular formula is C7HBrF3IN2O. The SMILES string of the molecule is N#Cc1c(I)ncc(Br)c1OC(F)(F)F. The highest BCUT2D eigenvalue weighted by atomic mass is 127. The van der Waals surface area contributed by atoms with Gasteiger partial charge in [-0.3, -0.25) is 0 Å². The van der Waals surface area contributed by atoms with E-state index in [4.69, 9.17) is 5.26 Å². The van der Waals surface area contributed by atoms with Crippen LogP contribution in [-0.2, 0) is 0 Å². The van der Waals surface area contributed by atoms with Gasteiger partial charge >= 0.3 is 6.36 Å². The monoisotopic (exact) mass is 392 g/mol. The number of aromatic nitrogens is 1. The molecule has 80 valence electrons. The Bertz CT molecular complexity index is 429. The van der Waals surface area contributed by atoms with Gasteiger partial charge in [0.25, 0.3) is 0 Å². The first-order valence-electron chi connectivity index (χ1n) is 3.35. The summed E-state index contributed by atoms with van der Waals surface area (Å²) in [5, 5.41) is 8.66. The Kier molecular flexibility index (Phi) is 3.77. The highest BCUT2D eigenvalue weighted by Crippen LogP contribution is 2.34. The standard InChI is InChI=1S/C7HBrF3IN2O/c8-4-2-14-6(12)3(1-13)5(4)15-7(9,10)11/h2H. The second-order valence-electron chi connectivity index (χ2n) is 2.26. The van der Waals surface area contributed by atoms with Crippen LogP contribution in [0, 0.1) is 15.0 Å². The molecule has 0 N–H and O–H groups in total. The number of hydrogen-bond acceptors (Lipinski definition) is 3. The molecule has 0 radical (unpaired) electrons. The molecular weight excluding hydrogens is 392 g/mol. The Morgan fingerprint density at radius 2 is 2.13 bits per heavy atom. The Morgan fingerprint density at radius 3 is 2.60 bits per heavy atom. The number of nitrogens with zero attached hydrogens (tertiary/aromatic N) is 2. The van der Waals surface area contributed by atoms with Gasteiger partial charge in [-0.1, -0.05) is 0 Å². The summed E-state index contributed by atoms with van der Waals surface area (Å²) in [6, 6.07) is 1.60. The third-order valence-corrected chi connectivity index (χ3v) is 2.65. The molecule has 0 aliphatic carbocycles. The molecule has 1 rings (SSSR count). The molecule has 1 aromatic rings. The third-order valence-electron chi connectivity index (χ3n) is 1.27. The summed E-state index contributed by atoms with van der Waals surface area (Å²) in [5.41, 5.74) is -0.248. The average Bonchev–Trinajstić information content (AvgIpc) is 2.10. The molecule has 1 aromatic heterocycles. The van der Waals surface area contributed by atoms with Gasteiger partial charge in [-0.25, -0.2) is 4.98 Å². The number of pyridine rings is 1. The molecule has 0 bridgehead atoms. The Morgan fingerprint density at radius 1 is 1.53 bits per heavy atom. The largest absolute Gasteiger partial charge is 0.573 e. The summed E-state index contributed by atoms with van der Waals surface area (Å²) in [4.78, 5) is 3.71. The zero-order valence-corrected chi connectivity index (χ0v) is 10.5. The van der Waals surface area contributed by atoms with Crippen LogP contribution in [0.2, 0.25) is 0 Å². The number of halogens is 5. The fourth-order valence-corrected chi connectivity index (χ4v) is 1.65. The van der Waals surface area contributed by atoms with E-state index in [9.17, 15) is 13.2 Å². The van der Waals surface area contributed by atoms with Crippen molar-refractivity contribution in [1.82, 2.24) is 4.98 Å². The minimum atomic E-state index is -4.83. The number of nitriles is 1. The lowest BCUT2D eigenvalue weighted by molar-refractivity contribution is -0.275. The number of hydrogen-bond donors (Lipinski definition) is 0. The lowest BCUT2D eigenvalue weighted by Gasteiger charge is -2.11. The van der Waals surface area contributed by atoms with Crippen LogP contribution in [0.5, 0.6) is 5.75 Å². The molecule has 3 nitrogen and oxygen atoms in total. The normalized spacial score (nSPS) is 10.9. The molecule has 0 saturated heterocycles. The van der Waals surface area contributed by atoms with Gasteiger partial charge in [0.15, 0.2) is 5.75 Å². The Labute approximate surface area is 105 Å². The molecule has 0 spiro atoms. The molecule has 0 atom stereocenters. The van der Waals surface area contributed by atoms with Crippen molar-refractivity contribution in [1.29, 1.82) is 5.26 Å². The van der Waals surface area contributed by atoms with Crippen molar-refractivity contribution >= 4 is 38.5 Å². The van der Waals surface area contributed by atoms with E-state index >= 15 is 0 Å². The summed E-state index contributed by atoms with van der Waals surface area (Å²) in [6.45, 7) is 0. The van der Waals surface area contributed by atoms with Crippen molar-refractivity contribution in [2.75, 3.05) is 0 Å². The van der Waals surface area contributed by atoms with Gasteiger partial charge in [-0.2, -0.15) is 5.26 Å². The van der Waals surface area contributed by atoms with Crippen molar-refractivity contribution in [2.45, 2.75) is 6.36 Å². The first-order valence-corrected chi connectivity index (χ1v) is 5.22. The maximum atomic E-state index is 12.0. The van der Waals surface area contributed by atoms with Gasteiger partial charge in [0, 0.05) is 6.20 Å². The van der Waals surface area contributed by atoms with Gasteiger partial charge in [0.1, 0.15) is 15.3 Å². The number of rotatable bonds is 1. The van der Waals surface area contributed by atoms with E-state index in [1.807, 2.05) is 0 Å². The molecule has 0 aliphatic rings. The van der Waals surface area contributed by atoms with E-state index in [-0.39, 0.29) is 13.7 Å². The van der Waals surface area contributed by atoms with E-state index < -0.39 is 12.1 Å². The van der Waals surface area contributed by atoms with Crippen LogP contribution in [-0.4, -0.2) is 11.3 Å². The lowest BCUT2D eigenvalue weighted by atomic mass is 10.3. The van der Waals surface area contributed by atoms with Gasteiger partial charge in [-0.15, -0.1) is 13.2 Å². The first kappa shape index (κ1) is 12.5. The molecule has 0 aromatic carbocycles. The number of ether oxygens (including phenoxy) is 1. The maximum Gasteiger partial charge on any atom is 0.573 e.